The van der Waals surface area contributed by atoms with Crippen LogP contribution < -0.4 is 11.5 Å². The van der Waals surface area contributed by atoms with Gasteiger partial charge in [-0.1, -0.05) is 12.1 Å². The predicted molar refractivity (Wildman–Crippen MR) is 124 cm³/mol. The largest absolute Gasteiger partial charge is 0.366 e. The van der Waals surface area contributed by atoms with Crippen LogP contribution in [0.2, 0.25) is 0 Å². The average Bonchev–Trinajstić information content (AvgIpc) is 3.04. The van der Waals surface area contributed by atoms with Gasteiger partial charge in [-0.3, -0.25) is 14.3 Å². The van der Waals surface area contributed by atoms with E-state index in [-0.39, 0.29) is 22.3 Å². The summed E-state index contributed by atoms with van der Waals surface area (Å²) in [5.41, 5.74) is 15.5. The number of carbonyl (C=O) groups is 2. The van der Waals surface area contributed by atoms with Crippen LogP contribution in [0.4, 0.5) is 4.39 Å². The molecule has 0 aliphatic heterocycles. The number of hydrogen-bond acceptors (Lipinski definition) is 5. The Morgan fingerprint density at radius 1 is 1.06 bits per heavy atom. The number of amides is 2. The van der Waals surface area contributed by atoms with E-state index in [0.717, 1.165) is 17.2 Å². The Morgan fingerprint density at radius 2 is 1.79 bits per heavy atom. The third-order valence-corrected chi connectivity index (χ3v) is 5.80. The van der Waals surface area contributed by atoms with Crippen LogP contribution in [0, 0.1) is 37.9 Å². The number of fused-ring (bicyclic) bond motifs is 1. The lowest BCUT2D eigenvalue weighted by atomic mass is 9.92. The second-order valence-electron chi connectivity index (χ2n) is 8.06. The number of halogens is 1. The van der Waals surface area contributed by atoms with Crippen molar-refractivity contribution in [3.8, 4) is 17.2 Å². The summed E-state index contributed by atoms with van der Waals surface area (Å²) in [5, 5.41) is 14.1. The van der Waals surface area contributed by atoms with Crippen molar-refractivity contribution in [3.63, 3.8) is 0 Å². The number of nitrogens with two attached hydrogens (primary N) is 2. The molecule has 2 amide bonds. The van der Waals surface area contributed by atoms with E-state index in [2.05, 4.69) is 16.2 Å². The number of aryl methyl sites for hydroxylation is 2. The van der Waals surface area contributed by atoms with Crippen molar-refractivity contribution >= 4 is 22.7 Å². The number of primary amides is 2. The molecule has 0 bridgehead atoms. The molecular formula is C25H21FN6O2. The summed E-state index contributed by atoms with van der Waals surface area (Å²) >= 11 is 0. The minimum Gasteiger partial charge on any atom is -0.366 e. The van der Waals surface area contributed by atoms with Crippen molar-refractivity contribution in [1.29, 1.82) is 5.26 Å². The molecule has 2 heterocycles. The first kappa shape index (κ1) is 22.6. The fourth-order valence-corrected chi connectivity index (χ4v) is 4.25. The maximum absolute atomic E-state index is 13.8. The summed E-state index contributed by atoms with van der Waals surface area (Å²) in [7, 11) is 0. The van der Waals surface area contributed by atoms with Crippen molar-refractivity contribution in [2.75, 3.05) is 0 Å². The van der Waals surface area contributed by atoms with Crippen molar-refractivity contribution in [3.05, 3.63) is 81.6 Å². The van der Waals surface area contributed by atoms with Crippen LogP contribution in [0.1, 0.15) is 48.9 Å². The molecule has 0 unspecified atom stereocenters. The van der Waals surface area contributed by atoms with Crippen LogP contribution in [-0.2, 0) is 6.54 Å². The molecule has 0 saturated heterocycles. The molecule has 4 N–H and O–H groups in total. The second kappa shape index (κ2) is 8.41. The smallest absolute Gasteiger partial charge is 0.267 e. The monoisotopic (exact) mass is 456 g/mol. The molecule has 4 rings (SSSR count). The van der Waals surface area contributed by atoms with Gasteiger partial charge in [-0.2, -0.15) is 10.4 Å². The quantitative estimate of drug-likeness (QED) is 0.474. The van der Waals surface area contributed by atoms with E-state index in [4.69, 9.17) is 11.5 Å². The summed E-state index contributed by atoms with van der Waals surface area (Å²) in [6, 6.07) is 11.4. The molecule has 2 aromatic carbocycles. The molecule has 0 aliphatic carbocycles. The predicted octanol–water partition coefficient (Wildman–Crippen LogP) is 3.28. The molecule has 0 saturated carbocycles. The fraction of sp³-hybridized carbons (Fsp3) is 0.160. The topological polar surface area (TPSA) is 141 Å². The number of aromatic nitrogens is 3. The molecule has 0 fully saturated rings. The zero-order chi connectivity index (χ0) is 24.7. The van der Waals surface area contributed by atoms with E-state index in [1.165, 1.54) is 12.1 Å². The highest BCUT2D eigenvalue weighted by Crippen LogP contribution is 2.36. The number of benzene rings is 2. The lowest BCUT2D eigenvalue weighted by molar-refractivity contribution is 0.0996. The van der Waals surface area contributed by atoms with Crippen molar-refractivity contribution in [2.45, 2.75) is 27.3 Å². The minimum atomic E-state index is -0.877. The molecule has 0 spiro atoms. The fourth-order valence-electron chi connectivity index (χ4n) is 4.25. The number of nitrogens with zero attached hydrogens (tertiary/aromatic N) is 4. The number of pyridine rings is 1. The van der Waals surface area contributed by atoms with E-state index in [9.17, 15) is 19.2 Å². The van der Waals surface area contributed by atoms with Gasteiger partial charge >= 0.3 is 0 Å². The van der Waals surface area contributed by atoms with E-state index in [0.29, 0.717) is 34.4 Å². The van der Waals surface area contributed by atoms with Gasteiger partial charge < -0.3 is 11.5 Å². The van der Waals surface area contributed by atoms with E-state index in [1.807, 2.05) is 19.1 Å². The summed E-state index contributed by atoms with van der Waals surface area (Å²) in [5.74, 6) is -2.25. The molecule has 8 nitrogen and oxygen atoms in total. The Labute approximate surface area is 194 Å². The SMILES string of the molecule is Cc1cc(Cn2nc(C)c(-c3c(C(N)=O)nc4cc(F)ccc4c3C(N)=O)c2C)ccc1C#N. The summed E-state index contributed by atoms with van der Waals surface area (Å²) in [6.07, 6.45) is 0. The molecule has 0 aliphatic rings. The zero-order valence-electron chi connectivity index (χ0n) is 18.8. The summed E-state index contributed by atoms with van der Waals surface area (Å²) in [6.45, 7) is 5.79. The van der Waals surface area contributed by atoms with Crippen molar-refractivity contribution in [2.24, 2.45) is 11.5 Å². The Kier molecular flexibility index (Phi) is 5.59. The van der Waals surface area contributed by atoms with Crippen molar-refractivity contribution in [1.82, 2.24) is 14.8 Å². The lowest BCUT2D eigenvalue weighted by Crippen LogP contribution is -2.21. The minimum absolute atomic E-state index is 0.0266. The van der Waals surface area contributed by atoms with Crippen LogP contribution in [0.15, 0.2) is 36.4 Å². The molecular weight excluding hydrogens is 435 g/mol. The standard InChI is InChI=1S/C25H21FN6O2/c1-12-8-15(4-5-16(12)10-27)11-32-14(3)20(13(2)31-32)22-21(24(28)33)18-7-6-17(26)9-19(18)30-23(22)25(29)34/h4-9H,11H2,1-3H3,(H2,28,33)(H2,29,34). The highest BCUT2D eigenvalue weighted by molar-refractivity contribution is 6.15. The summed E-state index contributed by atoms with van der Waals surface area (Å²) in [4.78, 5) is 29.2. The maximum atomic E-state index is 13.8. The maximum Gasteiger partial charge on any atom is 0.267 e. The molecule has 170 valence electrons. The highest BCUT2D eigenvalue weighted by atomic mass is 19.1. The van der Waals surface area contributed by atoms with Gasteiger partial charge in [0.05, 0.1) is 35.0 Å². The Bertz CT molecular complexity index is 1550. The van der Waals surface area contributed by atoms with Gasteiger partial charge in [-0.25, -0.2) is 9.37 Å². The molecule has 34 heavy (non-hydrogen) atoms. The third kappa shape index (κ3) is 3.75. The van der Waals surface area contributed by atoms with E-state index in [1.54, 1.807) is 24.6 Å². The van der Waals surface area contributed by atoms with Crippen LogP contribution >= 0.6 is 0 Å². The van der Waals surface area contributed by atoms with Gasteiger partial charge in [-0.15, -0.1) is 0 Å². The molecule has 0 atom stereocenters. The molecule has 0 radical (unpaired) electrons. The Balaban J connectivity index is 1.96. The Morgan fingerprint density at radius 3 is 2.41 bits per heavy atom. The first-order valence-corrected chi connectivity index (χ1v) is 10.4. The molecule has 2 aromatic heterocycles. The van der Waals surface area contributed by atoms with Gasteiger partial charge in [0.15, 0.2) is 0 Å². The molecule has 4 aromatic rings. The van der Waals surface area contributed by atoms with Crippen LogP contribution in [0.5, 0.6) is 0 Å². The van der Waals surface area contributed by atoms with Crippen LogP contribution in [-0.4, -0.2) is 26.6 Å². The van der Waals surface area contributed by atoms with Gasteiger partial charge in [-0.05, 0) is 50.1 Å². The van der Waals surface area contributed by atoms with Gasteiger partial charge in [0.25, 0.3) is 5.91 Å². The van der Waals surface area contributed by atoms with Crippen molar-refractivity contribution < 1.29 is 14.0 Å². The first-order valence-electron chi connectivity index (χ1n) is 10.4. The van der Waals surface area contributed by atoms with Crippen LogP contribution in [0.3, 0.4) is 0 Å². The number of hydrogen-bond donors (Lipinski definition) is 2. The Hall–Kier alpha value is -4.58. The number of carbonyl (C=O) groups excluding carboxylic acids is 2. The normalized spacial score (nSPS) is 10.9. The van der Waals surface area contributed by atoms with E-state index < -0.39 is 17.6 Å². The lowest BCUT2D eigenvalue weighted by Gasteiger charge is -2.15. The van der Waals surface area contributed by atoms with E-state index >= 15 is 0 Å². The van der Waals surface area contributed by atoms with Crippen LogP contribution in [0.25, 0.3) is 22.0 Å². The van der Waals surface area contributed by atoms with Gasteiger partial charge in [0, 0.05) is 28.3 Å². The average molecular weight is 456 g/mol. The zero-order valence-corrected chi connectivity index (χ0v) is 18.8. The van der Waals surface area contributed by atoms with Gasteiger partial charge in [0.1, 0.15) is 11.5 Å². The highest BCUT2D eigenvalue weighted by Gasteiger charge is 2.27. The first-order chi connectivity index (χ1) is 16.1. The number of rotatable bonds is 5. The summed E-state index contributed by atoms with van der Waals surface area (Å²) < 4.78 is 15.6. The molecule has 9 heteroatoms. The number of nitriles is 1. The third-order valence-electron chi connectivity index (χ3n) is 5.80. The second-order valence-corrected chi connectivity index (χ2v) is 8.06. The van der Waals surface area contributed by atoms with Gasteiger partial charge in [0.2, 0.25) is 5.91 Å².